The summed E-state index contributed by atoms with van der Waals surface area (Å²) in [7, 11) is 1.32. The molecule has 3 rings (SSSR count). The number of hydrogen-bond donors (Lipinski definition) is 1. The molecule has 0 unspecified atom stereocenters. The van der Waals surface area contributed by atoms with Gasteiger partial charge in [-0.2, -0.15) is 0 Å². The first kappa shape index (κ1) is 25.3. The standard InChI is InChI=1S/C25H25BrClNO4S/c1-4-16-10-11-20(19(26)13-16)32-12-6-9-21(29)28-24-23(25(30)31-3)22(15(2)33-24)17-7-5-8-18(27)14-17/h5,7-8,10-11,13-14H,4,6,9,12H2,1-3H3,(H,28,29). The first-order valence-corrected chi connectivity index (χ1v) is 12.5. The molecule has 5 nitrogen and oxygen atoms in total. The number of esters is 1. The van der Waals surface area contributed by atoms with Crippen molar-refractivity contribution in [2.45, 2.75) is 33.1 Å². The molecule has 1 N–H and O–H groups in total. The molecular weight excluding hydrogens is 526 g/mol. The maximum Gasteiger partial charge on any atom is 0.341 e. The summed E-state index contributed by atoms with van der Waals surface area (Å²) in [5, 5.41) is 3.91. The van der Waals surface area contributed by atoms with Crippen LogP contribution in [0.5, 0.6) is 5.75 Å². The molecule has 0 bridgehead atoms. The van der Waals surface area contributed by atoms with Crippen molar-refractivity contribution < 1.29 is 19.1 Å². The van der Waals surface area contributed by atoms with Crippen molar-refractivity contribution >= 4 is 55.7 Å². The number of amides is 1. The second-order valence-corrected chi connectivity index (χ2v) is 9.87. The summed E-state index contributed by atoms with van der Waals surface area (Å²) in [4.78, 5) is 26.1. The number of aryl methyl sites for hydroxylation is 2. The quantitative estimate of drug-likeness (QED) is 0.224. The van der Waals surface area contributed by atoms with Crippen LogP contribution in [-0.4, -0.2) is 25.6 Å². The maximum atomic E-state index is 12.6. The highest BCUT2D eigenvalue weighted by atomic mass is 79.9. The molecule has 0 saturated carbocycles. The predicted octanol–water partition coefficient (Wildman–Crippen LogP) is 7.29. The van der Waals surface area contributed by atoms with E-state index in [9.17, 15) is 9.59 Å². The molecule has 0 aliphatic carbocycles. The Morgan fingerprint density at radius 2 is 1.97 bits per heavy atom. The van der Waals surface area contributed by atoms with Gasteiger partial charge in [0, 0.05) is 21.9 Å². The Morgan fingerprint density at radius 1 is 1.18 bits per heavy atom. The summed E-state index contributed by atoms with van der Waals surface area (Å²) in [5.41, 5.74) is 3.07. The number of ether oxygens (including phenoxy) is 2. The zero-order valence-corrected chi connectivity index (χ0v) is 21.8. The number of rotatable bonds is 9. The largest absolute Gasteiger partial charge is 0.492 e. The fourth-order valence-corrected chi connectivity index (χ4v) is 5.22. The second-order valence-electron chi connectivity index (χ2n) is 7.36. The summed E-state index contributed by atoms with van der Waals surface area (Å²) < 4.78 is 11.7. The number of halogens is 2. The van der Waals surface area contributed by atoms with Crippen LogP contribution in [0, 0.1) is 6.92 Å². The van der Waals surface area contributed by atoms with Gasteiger partial charge in [-0.05, 0) is 71.1 Å². The Balaban J connectivity index is 1.67. The van der Waals surface area contributed by atoms with E-state index in [1.165, 1.54) is 24.0 Å². The van der Waals surface area contributed by atoms with Crippen LogP contribution in [0.1, 0.15) is 40.6 Å². The van der Waals surface area contributed by atoms with E-state index in [1.807, 2.05) is 37.3 Å². The fraction of sp³-hybridized carbons (Fsp3) is 0.280. The zero-order valence-electron chi connectivity index (χ0n) is 18.7. The van der Waals surface area contributed by atoms with Gasteiger partial charge >= 0.3 is 5.97 Å². The van der Waals surface area contributed by atoms with Crippen molar-refractivity contribution in [3.63, 3.8) is 0 Å². The van der Waals surface area contributed by atoms with E-state index in [0.717, 1.165) is 27.1 Å². The number of nitrogens with one attached hydrogen (secondary N) is 1. The first-order chi connectivity index (χ1) is 15.8. The highest BCUT2D eigenvalue weighted by Gasteiger charge is 2.25. The van der Waals surface area contributed by atoms with E-state index in [1.54, 1.807) is 12.1 Å². The van der Waals surface area contributed by atoms with E-state index in [-0.39, 0.29) is 12.3 Å². The molecule has 0 aliphatic rings. The van der Waals surface area contributed by atoms with Crippen molar-refractivity contribution in [3.8, 4) is 16.9 Å². The Morgan fingerprint density at radius 3 is 2.64 bits per heavy atom. The number of carbonyl (C=O) groups excluding carboxylic acids is 2. The number of methoxy groups -OCH3 is 1. The van der Waals surface area contributed by atoms with Gasteiger partial charge in [0.15, 0.2) is 0 Å². The second kappa shape index (κ2) is 11.7. The lowest BCUT2D eigenvalue weighted by atomic mass is 10.0. The van der Waals surface area contributed by atoms with Crippen molar-refractivity contribution in [1.29, 1.82) is 0 Å². The molecule has 1 aromatic heterocycles. The minimum atomic E-state index is -0.506. The monoisotopic (exact) mass is 549 g/mol. The van der Waals surface area contributed by atoms with Crippen LogP contribution < -0.4 is 10.1 Å². The molecule has 1 amide bonds. The molecule has 1 heterocycles. The van der Waals surface area contributed by atoms with Crippen molar-refractivity contribution in [2.24, 2.45) is 0 Å². The normalized spacial score (nSPS) is 10.7. The van der Waals surface area contributed by atoms with Gasteiger partial charge in [0.2, 0.25) is 5.91 Å². The lowest BCUT2D eigenvalue weighted by molar-refractivity contribution is -0.116. The van der Waals surface area contributed by atoms with Gasteiger partial charge < -0.3 is 14.8 Å². The Labute approximate surface area is 211 Å². The average molecular weight is 551 g/mol. The molecule has 0 aliphatic heterocycles. The third-order valence-electron chi connectivity index (χ3n) is 5.05. The van der Waals surface area contributed by atoms with Crippen LogP contribution in [0.25, 0.3) is 11.1 Å². The van der Waals surface area contributed by atoms with Crippen molar-refractivity contribution in [1.82, 2.24) is 0 Å². The topological polar surface area (TPSA) is 64.6 Å². The van der Waals surface area contributed by atoms with E-state index in [4.69, 9.17) is 21.1 Å². The third-order valence-corrected chi connectivity index (χ3v) is 6.93. The zero-order chi connectivity index (χ0) is 24.0. The highest BCUT2D eigenvalue weighted by molar-refractivity contribution is 9.10. The van der Waals surface area contributed by atoms with Crippen LogP contribution in [0.3, 0.4) is 0 Å². The highest BCUT2D eigenvalue weighted by Crippen LogP contribution is 2.41. The van der Waals surface area contributed by atoms with Gasteiger partial charge in [0.1, 0.15) is 16.3 Å². The lowest BCUT2D eigenvalue weighted by Crippen LogP contribution is -2.15. The molecular formula is C25H25BrClNO4S. The summed E-state index contributed by atoms with van der Waals surface area (Å²) in [6.45, 7) is 4.40. The smallest absolute Gasteiger partial charge is 0.341 e. The molecule has 8 heteroatoms. The minimum absolute atomic E-state index is 0.192. The number of anilines is 1. The van der Waals surface area contributed by atoms with E-state index in [0.29, 0.717) is 34.2 Å². The van der Waals surface area contributed by atoms with E-state index >= 15 is 0 Å². The Bertz CT molecular complexity index is 1160. The number of benzene rings is 2. The van der Waals surface area contributed by atoms with E-state index in [2.05, 4.69) is 28.2 Å². The van der Waals surface area contributed by atoms with Crippen molar-refractivity contribution in [3.05, 3.63) is 68.0 Å². The molecule has 0 radical (unpaired) electrons. The first-order valence-electron chi connectivity index (χ1n) is 10.5. The SMILES string of the molecule is CCc1ccc(OCCCC(=O)Nc2sc(C)c(-c3cccc(Cl)c3)c2C(=O)OC)c(Br)c1. The van der Waals surface area contributed by atoms with E-state index < -0.39 is 5.97 Å². The molecule has 0 saturated heterocycles. The van der Waals surface area contributed by atoms with Crippen molar-refractivity contribution in [2.75, 3.05) is 19.0 Å². The maximum absolute atomic E-state index is 12.6. The van der Waals surface area contributed by atoms with Crippen LogP contribution in [0.2, 0.25) is 5.02 Å². The molecule has 33 heavy (non-hydrogen) atoms. The molecule has 2 aromatic carbocycles. The van der Waals surface area contributed by atoms with Gasteiger partial charge in [-0.1, -0.05) is 36.7 Å². The Kier molecular flexibility index (Phi) is 8.95. The summed E-state index contributed by atoms with van der Waals surface area (Å²) in [5.74, 6) is 0.0528. The summed E-state index contributed by atoms with van der Waals surface area (Å²) >= 11 is 11.0. The molecule has 0 atom stereocenters. The van der Waals surface area contributed by atoms with Crippen LogP contribution >= 0.6 is 38.9 Å². The molecule has 3 aromatic rings. The van der Waals surface area contributed by atoms with Gasteiger partial charge in [0.25, 0.3) is 0 Å². The summed E-state index contributed by atoms with van der Waals surface area (Å²) in [6.07, 6.45) is 1.75. The number of carbonyl (C=O) groups is 2. The molecule has 0 spiro atoms. The average Bonchev–Trinajstić information content (AvgIpc) is 3.12. The Hall–Kier alpha value is -2.35. The molecule has 0 fully saturated rings. The van der Waals surface area contributed by atoms with Gasteiger partial charge in [-0.3, -0.25) is 4.79 Å². The number of thiophene rings is 1. The fourth-order valence-electron chi connectivity index (χ4n) is 3.41. The third kappa shape index (κ3) is 6.37. The predicted molar refractivity (Wildman–Crippen MR) is 138 cm³/mol. The lowest BCUT2D eigenvalue weighted by Gasteiger charge is -2.10. The molecule has 174 valence electrons. The van der Waals surface area contributed by atoms with Crippen LogP contribution in [0.15, 0.2) is 46.9 Å². The van der Waals surface area contributed by atoms with Crippen LogP contribution in [-0.2, 0) is 16.0 Å². The summed E-state index contributed by atoms with van der Waals surface area (Å²) in [6, 6.07) is 13.2. The van der Waals surface area contributed by atoms with Gasteiger partial charge in [-0.25, -0.2) is 4.79 Å². The van der Waals surface area contributed by atoms with Gasteiger partial charge in [-0.15, -0.1) is 11.3 Å². The number of hydrogen-bond acceptors (Lipinski definition) is 5. The minimum Gasteiger partial charge on any atom is -0.492 e. The van der Waals surface area contributed by atoms with Gasteiger partial charge in [0.05, 0.1) is 18.2 Å². The van der Waals surface area contributed by atoms with Crippen LogP contribution in [0.4, 0.5) is 5.00 Å².